The van der Waals surface area contributed by atoms with Crippen molar-refractivity contribution in [3.8, 4) is 0 Å². The van der Waals surface area contributed by atoms with E-state index in [2.05, 4.69) is 9.88 Å². The molecule has 0 saturated carbocycles. The summed E-state index contributed by atoms with van der Waals surface area (Å²) in [5.74, 6) is 0. The zero-order chi connectivity index (χ0) is 13.0. The lowest BCUT2D eigenvalue weighted by Crippen LogP contribution is -2.40. The van der Waals surface area contributed by atoms with Crippen LogP contribution in [0.2, 0.25) is 0 Å². The SMILES string of the molecule is CCc1cn(CCN2CCOCC2)c(=O)[nH]c1=O. The van der Waals surface area contributed by atoms with Crippen molar-refractivity contribution in [2.24, 2.45) is 0 Å². The predicted molar refractivity (Wildman–Crippen MR) is 68.0 cm³/mol. The molecule has 1 aliphatic rings. The Labute approximate surface area is 105 Å². The number of aromatic nitrogens is 2. The van der Waals surface area contributed by atoms with Gasteiger partial charge in [0.2, 0.25) is 0 Å². The van der Waals surface area contributed by atoms with Gasteiger partial charge in [-0.25, -0.2) is 4.79 Å². The van der Waals surface area contributed by atoms with Gasteiger partial charge in [0.25, 0.3) is 5.56 Å². The molecule has 0 bridgehead atoms. The molecule has 0 spiro atoms. The molecule has 0 radical (unpaired) electrons. The molecular formula is C12H19N3O3. The number of ether oxygens (including phenoxy) is 1. The first kappa shape index (κ1) is 13.0. The van der Waals surface area contributed by atoms with Crippen molar-refractivity contribution in [1.29, 1.82) is 0 Å². The van der Waals surface area contributed by atoms with Crippen LogP contribution in [0.15, 0.2) is 15.8 Å². The second-order valence-electron chi connectivity index (χ2n) is 4.41. The van der Waals surface area contributed by atoms with E-state index in [9.17, 15) is 9.59 Å². The van der Waals surface area contributed by atoms with Crippen LogP contribution in [-0.2, 0) is 17.7 Å². The Morgan fingerprint density at radius 3 is 2.67 bits per heavy atom. The van der Waals surface area contributed by atoms with Gasteiger partial charge in [-0.15, -0.1) is 0 Å². The van der Waals surface area contributed by atoms with Crippen LogP contribution in [0.3, 0.4) is 0 Å². The van der Waals surface area contributed by atoms with Gasteiger partial charge in [-0.1, -0.05) is 6.92 Å². The Morgan fingerprint density at radius 2 is 2.00 bits per heavy atom. The standard InChI is InChI=1S/C12H19N3O3/c1-2-10-9-15(12(17)13-11(10)16)4-3-14-5-7-18-8-6-14/h9H,2-8H2,1H3,(H,13,16,17). The van der Waals surface area contributed by atoms with Gasteiger partial charge in [0.05, 0.1) is 13.2 Å². The van der Waals surface area contributed by atoms with Crippen molar-refractivity contribution in [2.45, 2.75) is 19.9 Å². The van der Waals surface area contributed by atoms with Crippen LogP contribution in [0.1, 0.15) is 12.5 Å². The number of rotatable bonds is 4. The molecule has 1 N–H and O–H groups in total. The Hall–Kier alpha value is -1.40. The van der Waals surface area contributed by atoms with E-state index in [1.807, 2.05) is 6.92 Å². The largest absolute Gasteiger partial charge is 0.379 e. The van der Waals surface area contributed by atoms with E-state index in [1.165, 1.54) is 0 Å². The first-order chi connectivity index (χ1) is 8.70. The van der Waals surface area contributed by atoms with Gasteiger partial charge in [0, 0.05) is 37.9 Å². The fraction of sp³-hybridized carbons (Fsp3) is 0.667. The number of morpholine rings is 1. The highest BCUT2D eigenvalue weighted by atomic mass is 16.5. The topological polar surface area (TPSA) is 67.3 Å². The predicted octanol–water partition coefficient (Wildman–Crippen LogP) is -0.569. The number of nitrogens with one attached hydrogen (secondary N) is 1. The summed E-state index contributed by atoms with van der Waals surface area (Å²) in [5, 5.41) is 0. The molecule has 1 fully saturated rings. The van der Waals surface area contributed by atoms with Crippen molar-refractivity contribution in [1.82, 2.24) is 14.5 Å². The average molecular weight is 253 g/mol. The van der Waals surface area contributed by atoms with E-state index in [-0.39, 0.29) is 11.2 Å². The molecule has 100 valence electrons. The Balaban J connectivity index is 2.04. The summed E-state index contributed by atoms with van der Waals surface area (Å²) in [6, 6.07) is 0. The monoisotopic (exact) mass is 253 g/mol. The minimum Gasteiger partial charge on any atom is -0.379 e. The molecule has 1 saturated heterocycles. The highest BCUT2D eigenvalue weighted by molar-refractivity contribution is 5.03. The summed E-state index contributed by atoms with van der Waals surface area (Å²) in [6.07, 6.45) is 2.30. The Kier molecular flexibility index (Phi) is 4.33. The fourth-order valence-electron chi connectivity index (χ4n) is 2.05. The van der Waals surface area contributed by atoms with Crippen molar-refractivity contribution >= 4 is 0 Å². The van der Waals surface area contributed by atoms with E-state index in [0.717, 1.165) is 32.8 Å². The molecule has 2 rings (SSSR count). The third-order valence-electron chi connectivity index (χ3n) is 3.23. The van der Waals surface area contributed by atoms with Gasteiger partial charge in [0.1, 0.15) is 0 Å². The maximum Gasteiger partial charge on any atom is 0.328 e. The average Bonchev–Trinajstić information content (AvgIpc) is 2.39. The van der Waals surface area contributed by atoms with Crippen LogP contribution in [-0.4, -0.2) is 47.3 Å². The summed E-state index contributed by atoms with van der Waals surface area (Å²) < 4.78 is 6.85. The number of aromatic amines is 1. The summed E-state index contributed by atoms with van der Waals surface area (Å²) in [5.41, 5.74) is 0.0483. The lowest BCUT2D eigenvalue weighted by molar-refractivity contribution is 0.0362. The number of H-pyrrole nitrogens is 1. The molecule has 0 atom stereocenters. The quantitative estimate of drug-likeness (QED) is 0.780. The minimum atomic E-state index is -0.328. The second-order valence-corrected chi connectivity index (χ2v) is 4.41. The molecule has 1 aromatic heterocycles. The first-order valence-electron chi connectivity index (χ1n) is 6.33. The van der Waals surface area contributed by atoms with Crippen molar-refractivity contribution < 1.29 is 4.74 Å². The molecule has 18 heavy (non-hydrogen) atoms. The molecule has 0 aliphatic carbocycles. The Morgan fingerprint density at radius 1 is 1.28 bits per heavy atom. The number of aryl methyl sites for hydroxylation is 1. The maximum atomic E-state index is 11.6. The number of nitrogens with zero attached hydrogens (tertiary/aromatic N) is 2. The Bertz CT molecular complexity index is 500. The second kappa shape index (κ2) is 5.97. The molecule has 1 aliphatic heterocycles. The lowest BCUT2D eigenvalue weighted by Gasteiger charge is -2.26. The van der Waals surface area contributed by atoms with E-state index in [4.69, 9.17) is 4.74 Å². The zero-order valence-electron chi connectivity index (χ0n) is 10.6. The number of hydrogen-bond acceptors (Lipinski definition) is 4. The van der Waals surface area contributed by atoms with Gasteiger partial charge in [-0.2, -0.15) is 0 Å². The molecule has 0 aromatic carbocycles. The summed E-state index contributed by atoms with van der Waals surface area (Å²) in [6.45, 7) is 6.61. The third-order valence-corrected chi connectivity index (χ3v) is 3.23. The van der Waals surface area contributed by atoms with E-state index in [1.54, 1.807) is 10.8 Å². The highest BCUT2D eigenvalue weighted by Gasteiger charge is 2.10. The van der Waals surface area contributed by atoms with Gasteiger partial charge in [0.15, 0.2) is 0 Å². The van der Waals surface area contributed by atoms with Crippen molar-refractivity contribution in [2.75, 3.05) is 32.8 Å². The maximum absolute atomic E-state index is 11.6. The lowest BCUT2D eigenvalue weighted by atomic mass is 10.2. The fourth-order valence-corrected chi connectivity index (χ4v) is 2.05. The first-order valence-corrected chi connectivity index (χ1v) is 6.33. The molecule has 2 heterocycles. The molecule has 1 aromatic rings. The summed E-state index contributed by atoms with van der Waals surface area (Å²) in [7, 11) is 0. The van der Waals surface area contributed by atoms with Crippen LogP contribution in [0.4, 0.5) is 0 Å². The summed E-state index contributed by atoms with van der Waals surface area (Å²) >= 11 is 0. The van der Waals surface area contributed by atoms with E-state index in [0.29, 0.717) is 18.5 Å². The molecular weight excluding hydrogens is 234 g/mol. The van der Waals surface area contributed by atoms with Crippen LogP contribution < -0.4 is 11.2 Å². The van der Waals surface area contributed by atoms with E-state index < -0.39 is 0 Å². The van der Waals surface area contributed by atoms with Gasteiger partial charge in [-0.3, -0.25) is 19.2 Å². The van der Waals surface area contributed by atoms with E-state index >= 15 is 0 Å². The van der Waals surface area contributed by atoms with Crippen molar-refractivity contribution in [3.63, 3.8) is 0 Å². The van der Waals surface area contributed by atoms with Gasteiger partial charge < -0.3 is 4.74 Å². The normalized spacial score (nSPS) is 16.9. The third kappa shape index (κ3) is 3.08. The van der Waals surface area contributed by atoms with Gasteiger partial charge in [-0.05, 0) is 6.42 Å². The molecule has 6 heteroatoms. The van der Waals surface area contributed by atoms with Gasteiger partial charge >= 0.3 is 5.69 Å². The van der Waals surface area contributed by atoms with Crippen molar-refractivity contribution in [3.05, 3.63) is 32.6 Å². The van der Waals surface area contributed by atoms with Crippen LogP contribution >= 0.6 is 0 Å². The smallest absolute Gasteiger partial charge is 0.328 e. The highest BCUT2D eigenvalue weighted by Crippen LogP contribution is 1.97. The van der Waals surface area contributed by atoms with Crippen LogP contribution in [0.25, 0.3) is 0 Å². The minimum absolute atomic E-state index is 0.273. The zero-order valence-corrected chi connectivity index (χ0v) is 10.6. The molecule has 0 amide bonds. The molecule has 6 nitrogen and oxygen atoms in total. The van der Waals surface area contributed by atoms with Crippen LogP contribution in [0, 0.1) is 0 Å². The van der Waals surface area contributed by atoms with Crippen LogP contribution in [0.5, 0.6) is 0 Å². The summed E-state index contributed by atoms with van der Waals surface area (Å²) in [4.78, 5) is 27.7. The number of hydrogen-bond donors (Lipinski definition) is 1. The molecule has 0 unspecified atom stereocenters.